The van der Waals surface area contributed by atoms with Gasteiger partial charge < -0.3 is 20.1 Å². The number of carbonyl (C=O) groups excluding carboxylic acids is 1. The summed E-state index contributed by atoms with van der Waals surface area (Å²) in [5.74, 6) is -0.460. The molecule has 138 valence electrons. The molecule has 0 radical (unpaired) electrons. The number of rotatable bonds is 8. The largest absolute Gasteiger partial charge is 0.490 e. The van der Waals surface area contributed by atoms with Crippen LogP contribution in [0.1, 0.15) is 25.7 Å². The van der Waals surface area contributed by atoms with E-state index in [4.69, 9.17) is 33.0 Å². The second kappa shape index (κ2) is 9.85. The number of carbonyl (C=O) groups is 2. The number of hydrogen-bond donors (Lipinski definition) is 2. The Hall–Kier alpha value is -1.50. The maximum Gasteiger partial charge on any atom is 0.303 e. The summed E-state index contributed by atoms with van der Waals surface area (Å²) in [6.07, 6.45) is 1.82. The lowest BCUT2D eigenvalue weighted by Crippen LogP contribution is -2.42. The van der Waals surface area contributed by atoms with Gasteiger partial charge in [0.05, 0.1) is 16.5 Å². The van der Waals surface area contributed by atoms with Crippen LogP contribution in [0.2, 0.25) is 10.0 Å². The lowest BCUT2D eigenvalue weighted by atomic mass is 10.1. The van der Waals surface area contributed by atoms with Crippen molar-refractivity contribution in [3.05, 3.63) is 28.2 Å². The van der Waals surface area contributed by atoms with Crippen LogP contribution in [0.3, 0.4) is 0 Å². The van der Waals surface area contributed by atoms with E-state index < -0.39 is 5.97 Å². The SMILES string of the molecule is O=C(O)CCC(=O)NCCN1CCC(Oc2ccc(Cl)c(Cl)c2)CC1. The van der Waals surface area contributed by atoms with Crippen molar-refractivity contribution in [1.82, 2.24) is 10.2 Å². The molecule has 1 aliphatic rings. The Balaban J connectivity index is 1.63. The Bertz CT molecular complexity index is 604. The number of piperidine rings is 1. The summed E-state index contributed by atoms with van der Waals surface area (Å²) < 4.78 is 5.94. The molecule has 25 heavy (non-hydrogen) atoms. The van der Waals surface area contributed by atoms with E-state index in [9.17, 15) is 9.59 Å². The molecule has 0 saturated carbocycles. The van der Waals surface area contributed by atoms with Crippen molar-refractivity contribution in [1.29, 1.82) is 0 Å². The number of benzene rings is 1. The van der Waals surface area contributed by atoms with E-state index in [0.29, 0.717) is 16.6 Å². The number of amides is 1. The van der Waals surface area contributed by atoms with Gasteiger partial charge in [0.2, 0.25) is 5.91 Å². The third-order valence-corrected chi connectivity index (χ3v) is 4.78. The summed E-state index contributed by atoms with van der Waals surface area (Å²) in [6.45, 7) is 3.04. The number of likely N-dealkylation sites (tertiary alicyclic amines) is 1. The van der Waals surface area contributed by atoms with Crippen molar-refractivity contribution in [2.75, 3.05) is 26.2 Å². The molecule has 1 aromatic rings. The van der Waals surface area contributed by atoms with E-state index in [-0.39, 0.29) is 24.9 Å². The van der Waals surface area contributed by atoms with Crippen LogP contribution in [0.15, 0.2) is 18.2 Å². The molecular weight excluding hydrogens is 367 g/mol. The monoisotopic (exact) mass is 388 g/mol. The van der Waals surface area contributed by atoms with Gasteiger partial charge in [0.1, 0.15) is 11.9 Å². The van der Waals surface area contributed by atoms with Gasteiger partial charge in [0.15, 0.2) is 0 Å². The molecule has 1 aliphatic heterocycles. The van der Waals surface area contributed by atoms with Gasteiger partial charge in [-0.1, -0.05) is 23.2 Å². The van der Waals surface area contributed by atoms with Crippen LogP contribution in [0, 0.1) is 0 Å². The fraction of sp³-hybridized carbons (Fsp3) is 0.529. The second-order valence-corrected chi connectivity index (χ2v) is 6.79. The average molecular weight is 389 g/mol. The molecule has 0 aliphatic carbocycles. The van der Waals surface area contributed by atoms with E-state index in [1.807, 2.05) is 6.07 Å². The Morgan fingerprint density at radius 2 is 1.92 bits per heavy atom. The first-order chi connectivity index (χ1) is 11.9. The minimum absolute atomic E-state index is 0.0227. The highest BCUT2D eigenvalue weighted by atomic mass is 35.5. The fourth-order valence-corrected chi connectivity index (χ4v) is 2.94. The van der Waals surface area contributed by atoms with Crippen LogP contribution < -0.4 is 10.1 Å². The first-order valence-electron chi connectivity index (χ1n) is 8.26. The highest BCUT2D eigenvalue weighted by Crippen LogP contribution is 2.28. The lowest BCUT2D eigenvalue weighted by Gasteiger charge is -2.32. The van der Waals surface area contributed by atoms with Crippen molar-refractivity contribution in [2.45, 2.75) is 31.8 Å². The van der Waals surface area contributed by atoms with Crippen LogP contribution >= 0.6 is 23.2 Å². The standard InChI is InChI=1S/C17H22Cl2N2O4/c18-14-2-1-13(11-15(14)19)25-12-5-8-21(9-6-12)10-7-20-16(22)3-4-17(23)24/h1-2,11-12H,3-10H2,(H,20,22)(H,23,24). The maximum atomic E-state index is 11.5. The number of nitrogens with zero attached hydrogens (tertiary/aromatic N) is 1. The summed E-state index contributed by atoms with van der Waals surface area (Å²) in [6, 6.07) is 5.26. The number of halogens is 2. The second-order valence-electron chi connectivity index (χ2n) is 5.98. The van der Waals surface area contributed by atoms with Crippen LogP contribution in [0.4, 0.5) is 0 Å². The minimum Gasteiger partial charge on any atom is -0.490 e. The number of hydrogen-bond acceptors (Lipinski definition) is 4. The van der Waals surface area contributed by atoms with Gasteiger partial charge in [-0.05, 0) is 25.0 Å². The Labute approximate surface area is 157 Å². The van der Waals surface area contributed by atoms with Crippen LogP contribution in [0.25, 0.3) is 0 Å². The Kier molecular flexibility index (Phi) is 7.81. The number of ether oxygens (including phenoxy) is 1. The summed E-state index contributed by atoms with van der Waals surface area (Å²) in [4.78, 5) is 24.1. The van der Waals surface area contributed by atoms with E-state index in [1.54, 1.807) is 12.1 Å². The molecule has 1 aromatic carbocycles. The zero-order chi connectivity index (χ0) is 18.2. The topological polar surface area (TPSA) is 78.9 Å². The predicted octanol–water partition coefficient (Wildman–Crippen LogP) is 2.82. The van der Waals surface area contributed by atoms with Crippen molar-refractivity contribution >= 4 is 35.1 Å². The third kappa shape index (κ3) is 7.10. The molecule has 1 saturated heterocycles. The average Bonchev–Trinajstić information content (AvgIpc) is 2.58. The molecule has 2 N–H and O–H groups in total. The highest BCUT2D eigenvalue weighted by molar-refractivity contribution is 6.42. The molecule has 0 atom stereocenters. The van der Waals surface area contributed by atoms with E-state index in [2.05, 4.69) is 10.2 Å². The van der Waals surface area contributed by atoms with Crippen LogP contribution in [-0.4, -0.2) is 54.2 Å². The van der Waals surface area contributed by atoms with E-state index in [0.717, 1.165) is 38.2 Å². The smallest absolute Gasteiger partial charge is 0.303 e. The van der Waals surface area contributed by atoms with E-state index >= 15 is 0 Å². The van der Waals surface area contributed by atoms with Crippen molar-refractivity contribution < 1.29 is 19.4 Å². The Morgan fingerprint density at radius 1 is 1.20 bits per heavy atom. The summed E-state index contributed by atoms with van der Waals surface area (Å²) in [7, 11) is 0. The van der Waals surface area contributed by atoms with E-state index in [1.165, 1.54) is 0 Å². The fourth-order valence-electron chi connectivity index (χ4n) is 2.66. The molecule has 0 unspecified atom stereocenters. The zero-order valence-corrected chi connectivity index (χ0v) is 15.4. The molecule has 0 aromatic heterocycles. The Morgan fingerprint density at radius 3 is 2.56 bits per heavy atom. The molecule has 1 heterocycles. The first kappa shape index (κ1) is 19.8. The van der Waals surface area contributed by atoms with Crippen LogP contribution in [-0.2, 0) is 9.59 Å². The molecule has 0 bridgehead atoms. The number of carboxylic acids is 1. The predicted molar refractivity (Wildman–Crippen MR) is 96.4 cm³/mol. The summed E-state index contributed by atoms with van der Waals surface area (Å²) in [5.41, 5.74) is 0. The molecule has 8 heteroatoms. The van der Waals surface area contributed by atoms with Gasteiger partial charge in [0, 0.05) is 38.7 Å². The van der Waals surface area contributed by atoms with Crippen molar-refractivity contribution in [3.8, 4) is 5.75 Å². The molecule has 1 fully saturated rings. The normalized spacial score (nSPS) is 15.8. The molecule has 6 nitrogen and oxygen atoms in total. The highest BCUT2D eigenvalue weighted by Gasteiger charge is 2.20. The minimum atomic E-state index is -0.959. The number of carboxylic acid groups (broad SMARTS) is 1. The number of nitrogens with one attached hydrogen (secondary N) is 1. The summed E-state index contributed by atoms with van der Waals surface area (Å²) in [5, 5.41) is 12.3. The zero-order valence-electron chi connectivity index (χ0n) is 13.8. The molecule has 0 spiro atoms. The van der Waals surface area contributed by atoms with Gasteiger partial charge >= 0.3 is 5.97 Å². The van der Waals surface area contributed by atoms with Gasteiger partial charge in [-0.15, -0.1) is 0 Å². The summed E-state index contributed by atoms with van der Waals surface area (Å²) >= 11 is 11.9. The van der Waals surface area contributed by atoms with Gasteiger partial charge in [-0.25, -0.2) is 0 Å². The molecule has 1 amide bonds. The van der Waals surface area contributed by atoms with Gasteiger partial charge in [0.25, 0.3) is 0 Å². The molecule has 2 rings (SSSR count). The van der Waals surface area contributed by atoms with Gasteiger partial charge in [-0.3, -0.25) is 9.59 Å². The number of aliphatic carboxylic acids is 1. The van der Waals surface area contributed by atoms with Crippen molar-refractivity contribution in [3.63, 3.8) is 0 Å². The quantitative estimate of drug-likeness (QED) is 0.715. The molecular formula is C17H22Cl2N2O4. The van der Waals surface area contributed by atoms with Crippen molar-refractivity contribution in [2.24, 2.45) is 0 Å². The van der Waals surface area contributed by atoms with Gasteiger partial charge in [-0.2, -0.15) is 0 Å². The lowest BCUT2D eigenvalue weighted by molar-refractivity contribution is -0.138. The third-order valence-electron chi connectivity index (χ3n) is 4.04. The van der Waals surface area contributed by atoms with Crippen LogP contribution in [0.5, 0.6) is 5.75 Å². The first-order valence-corrected chi connectivity index (χ1v) is 9.02. The maximum absolute atomic E-state index is 11.5.